The average Bonchev–Trinajstić information content (AvgIpc) is 2.48. The largest absolute Gasteiger partial charge is 0.416 e. The Hall–Kier alpha value is -1.30. The van der Waals surface area contributed by atoms with Gasteiger partial charge in [-0.05, 0) is 49.2 Å². The Morgan fingerprint density at radius 1 is 1.09 bits per heavy atom. The topological polar surface area (TPSA) is 24.1 Å². The molecule has 0 radical (unpaired) electrons. The highest BCUT2D eigenvalue weighted by Crippen LogP contribution is 2.29. The van der Waals surface area contributed by atoms with Crippen LogP contribution >= 0.6 is 12.2 Å². The fourth-order valence-corrected chi connectivity index (χ4v) is 2.93. The molecule has 1 saturated carbocycles. The Kier molecular flexibility index (Phi) is 6.06. The molecule has 0 saturated heterocycles. The maximum absolute atomic E-state index is 12.5. The van der Waals surface area contributed by atoms with Gasteiger partial charge in [0, 0.05) is 12.6 Å². The molecular weight excluding hydrogens is 309 g/mol. The third-order valence-electron chi connectivity index (χ3n) is 3.92. The van der Waals surface area contributed by atoms with Crippen LogP contribution in [0.5, 0.6) is 0 Å². The van der Waals surface area contributed by atoms with Gasteiger partial charge in [0.05, 0.1) is 5.56 Å². The van der Waals surface area contributed by atoms with Crippen molar-refractivity contribution in [1.82, 2.24) is 10.6 Å². The number of alkyl halides is 3. The van der Waals surface area contributed by atoms with Crippen LogP contribution in [0.1, 0.15) is 43.2 Å². The van der Waals surface area contributed by atoms with Crippen molar-refractivity contribution in [2.24, 2.45) is 0 Å². The van der Waals surface area contributed by atoms with Gasteiger partial charge in [-0.3, -0.25) is 0 Å². The first-order valence-corrected chi connectivity index (χ1v) is 8.06. The Labute approximate surface area is 134 Å². The highest BCUT2D eigenvalue weighted by Gasteiger charge is 2.29. The lowest BCUT2D eigenvalue weighted by atomic mass is 9.96. The highest BCUT2D eigenvalue weighted by molar-refractivity contribution is 7.80. The minimum atomic E-state index is -4.28. The lowest BCUT2D eigenvalue weighted by Gasteiger charge is -2.24. The fourth-order valence-electron chi connectivity index (χ4n) is 2.66. The zero-order valence-electron chi connectivity index (χ0n) is 12.4. The summed E-state index contributed by atoms with van der Waals surface area (Å²) in [5.41, 5.74) is 0.250. The molecule has 22 heavy (non-hydrogen) atoms. The van der Waals surface area contributed by atoms with E-state index in [-0.39, 0.29) is 0 Å². The van der Waals surface area contributed by atoms with Crippen molar-refractivity contribution in [2.45, 2.75) is 50.7 Å². The van der Waals surface area contributed by atoms with Crippen LogP contribution in [-0.2, 0) is 12.6 Å². The van der Waals surface area contributed by atoms with E-state index in [4.69, 9.17) is 12.2 Å². The van der Waals surface area contributed by atoms with Crippen LogP contribution in [0.4, 0.5) is 13.2 Å². The predicted molar refractivity (Wildman–Crippen MR) is 85.8 cm³/mol. The zero-order valence-corrected chi connectivity index (χ0v) is 13.2. The van der Waals surface area contributed by atoms with Crippen LogP contribution in [0.2, 0.25) is 0 Å². The van der Waals surface area contributed by atoms with Gasteiger partial charge < -0.3 is 10.6 Å². The quantitative estimate of drug-likeness (QED) is 0.815. The summed E-state index contributed by atoms with van der Waals surface area (Å²) in [5.74, 6) is 0. The molecule has 0 bridgehead atoms. The molecule has 2 nitrogen and oxygen atoms in total. The second-order valence-corrected chi connectivity index (χ2v) is 6.09. The van der Waals surface area contributed by atoms with Crippen LogP contribution in [0, 0.1) is 0 Å². The molecule has 0 unspecified atom stereocenters. The van der Waals surface area contributed by atoms with Gasteiger partial charge in [0.25, 0.3) is 0 Å². The Balaban J connectivity index is 1.70. The second kappa shape index (κ2) is 7.81. The van der Waals surface area contributed by atoms with E-state index in [1.165, 1.54) is 31.4 Å². The van der Waals surface area contributed by atoms with Gasteiger partial charge in [-0.25, -0.2) is 0 Å². The van der Waals surface area contributed by atoms with Gasteiger partial charge in [-0.15, -0.1) is 0 Å². The van der Waals surface area contributed by atoms with Crippen molar-refractivity contribution in [3.05, 3.63) is 35.4 Å². The lowest BCUT2D eigenvalue weighted by molar-refractivity contribution is -0.137. The SMILES string of the molecule is FC(F)(F)c1ccc(CCNC(=S)NC2CCCCC2)cc1. The summed E-state index contributed by atoms with van der Waals surface area (Å²) in [6.45, 7) is 0.615. The second-order valence-electron chi connectivity index (χ2n) is 5.68. The van der Waals surface area contributed by atoms with Gasteiger partial charge in [0.15, 0.2) is 5.11 Å². The van der Waals surface area contributed by atoms with Crippen molar-refractivity contribution < 1.29 is 13.2 Å². The van der Waals surface area contributed by atoms with Gasteiger partial charge in [-0.2, -0.15) is 13.2 Å². The Bertz CT molecular complexity index is 479. The van der Waals surface area contributed by atoms with E-state index in [1.807, 2.05) is 0 Å². The summed E-state index contributed by atoms with van der Waals surface area (Å²) in [6, 6.07) is 5.73. The predicted octanol–water partition coefficient (Wildman–Crippen LogP) is 4.04. The maximum atomic E-state index is 12.5. The first-order chi connectivity index (χ1) is 10.4. The molecule has 0 aromatic heterocycles. The fraction of sp³-hybridized carbons (Fsp3) is 0.562. The van der Waals surface area contributed by atoms with Gasteiger partial charge in [-0.1, -0.05) is 31.4 Å². The molecule has 0 aliphatic heterocycles. The van der Waals surface area contributed by atoms with Crippen LogP contribution in [0.15, 0.2) is 24.3 Å². The molecule has 0 amide bonds. The summed E-state index contributed by atoms with van der Waals surface area (Å²) in [5, 5.41) is 7.06. The first kappa shape index (κ1) is 17.1. The molecule has 2 N–H and O–H groups in total. The summed E-state index contributed by atoms with van der Waals surface area (Å²) in [6.07, 6.45) is 2.46. The van der Waals surface area contributed by atoms with E-state index in [9.17, 15) is 13.2 Å². The molecule has 1 aliphatic carbocycles. The van der Waals surface area contributed by atoms with E-state index in [1.54, 1.807) is 0 Å². The summed E-state index contributed by atoms with van der Waals surface area (Å²) in [4.78, 5) is 0. The summed E-state index contributed by atoms with van der Waals surface area (Å²) < 4.78 is 37.4. The van der Waals surface area contributed by atoms with Crippen molar-refractivity contribution in [2.75, 3.05) is 6.54 Å². The third kappa shape index (κ3) is 5.48. The molecular formula is C16H21F3N2S. The van der Waals surface area contributed by atoms with Gasteiger partial charge in [0.2, 0.25) is 0 Å². The van der Waals surface area contributed by atoms with Crippen molar-refractivity contribution in [1.29, 1.82) is 0 Å². The van der Waals surface area contributed by atoms with E-state index in [0.29, 0.717) is 24.1 Å². The third-order valence-corrected chi connectivity index (χ3v) is 4.18. The van der Waals surface area contributed by atoms with Gasteiger partial charge >= 0.3 is 6.18 Å². The van der Waals surface area contributed by atoms with Crippen molar-refractivity contribution >= 4 is 17.3 Å². The standard InChI is InChI=1S/C16H21F3N2S/c17-16(18,19)13-8-6-12(7-9-13)10-11-20-15(22)21-14-4-2-1-3-5-14/h6-9,14H,1-5,10-11H2,(H2,20,21,22). The molecule has 0 atom stereocenters. The van der Waals surface area contributed by atoms with Crippen LogP contribution in [0.25, 0.3) is 0 Å². The molecule has 0 heterocycles. The Morgan fingerprint density at radius 3 is 2.32 bits per heavy atom. The number of thiocarbonyl (C=S) groups is 1. The number of nitrogens with one attached hydrogen (secondary N) is 2. The van der Waals surface area contributed by atoms with Crippen molar-refractivity contribution in [3.8, 4) is 0 Å². The minimum Gasteiger partial charge on any atom is -0.362 e. The molecule has 2 rings (SSSR count). The molecule has 1 aromatic rings. The zero-order chi connectivity index (χ0) is 16.0. The molecule has 6 heteroatoms. The summed E-state index contributed by atoms with van der Waals surface area (Å²) in [7, 11) is 0. The lowest BCUT2D eigenvalue weighted by Crippen LogP contribution is -2.43. The average molecular weight is 330 g/mol. The van der Waals surface area contributed by atoms with Gasteiger partial charge in [0.1, 0.15) is 0 Å². The van der Waals surface area contributed by atoms with E-state index >= 15 is 0 Å². The van der Waals surface area contributed by atoms with Crippen LogP contribution in [0.3, 0.4) is 0 Å². The maximum Gasteiger partial charge on any atom is 0.416 e. The molecule has 122 valence electrons. The molecule has 1 fully saturated rings. The van der Waals surface area contributed by atoms with Crippen LogP contribution in [-0.4, -0.2) is 17.7 Å². The van der Waals surface area contributed by atoms with E-state index < -0.39 is 11.7 Å². The number of halogens is 3. The monoisotopic (exact) mass is 330 g/mol. The van der Waals surface area contributed by atoms with E-state index in [2.05, 4.69) is 10.6 Å². The molecule has 0 spiro atoms. The molecule has 1 aromatic carbocycles. The Morgan fingerprint density at radius 2 is 1.73 bits per heavy atom. The summed E-state index contributed by atoms with van der Waals surface area (Å²) >= 11 is 5.25. The highest BCUT2D eigenvalue weighted by atomic mass is 32.1. The minimum absolute atomic E-state index is 0.458. The smallest absolute Gasteiger partial charge is 0.362 e. The first-order valence-electron chi connectivity index (χ1n) is 7.65. The normalized spacial score (nSPS) is 16.3. The van der Waals surface area contributed by atoms with E-state index in [0.717, 1.165) is 30.5 Å². The number of benzene rings is 1. The number of hydrogen-bond acceptors (Lipinski definition) is 1. The van der Waals surface area contributed by atoms with Crippen molar-refractivity contribution in [3.63, 3.8) is 0 Å². The number of hydrogen-bond donors (Lipinski definition) is 2. The van der Waals surface area contributed by atoms with Crippen LogP contribution < -0.4 is 10.6 Å². The number of rotatable bonds is 4. The molecule has 1 aliphatic rings.